The second-order valence-corrected chi connectivity index (χ2v) is 7.13. The summed E-state index contributed by atoms with van der Waals surface area (Å²) < 4.78 is 0. The summed E-state index contributed by atoms with van der Waals surface area (Å²) in [6.45, 7) is 1.42. The summed E-state index contributed by atoms with van der Waals surface area (Å²) >= 11 is 1.69. The van der Waals surface area contributed by atoms with Crippen molar-refractivity contribution >= 4 is 17.4 Å². The topological polar surface area (TPSA) is 48.5 Å². The van der Waals surface area contributed by atoms with E-state index in [0.717, 1.165) is 19.4 Å². The first-order valence-corrected chi connectivity index (χ1v) is 9.24. The van der Waals surface area contributed by atoms with Crippen LogP contribution in [0.4, 0.5) is 4.79 Å². The standard InChI is InChI=1S/C18H24N4OS/c1-21(2)17(15-7-11-24-13-15)12-20-18(23)22-10-3-4-16(22)14-5-8-19-9-6-14/h5-9,11,13,16-17H,3-4,10,12H2,1-2H3,(H,20,23). The van der Waals surface area contributed by atoms with Gasteiger partial charge in [0.2, 0.25) is 0 Å². The van der Waals surface area contributed by atoms with E-state index in [9.17, 15) is 4.79 Å². The number of urea groups is 1. The minimum atomic E-state index is 0.0244. The van der Waals surface area contributed by atoms with Crippen molar-refractivity contribution in [3.63, 3.8) is 0 Å². The third-order valence-corrected chi connectivity index (χ3v) is 5.30. The number of hydrogen-bond acceptors (Lipinski definition) is 4. The molecule has 6 heteroatoms. The lowest BCUT2D eigenvalue weighted by molar-refractivity contribution is 0.187. The number of hydrogen-bond donors (Lipinski definition) is 1. The van der Waals surface area contributed by atoms with Crippen molar-refractivity contribution in [2.45, 2.75) is 24.9 Å². The molecule has 2 aromatic rings. The Morgan fingerprint density at radius 3 is 2.88 bits per heavy atom. The lowest BCUT2D eigenvalue weighted by atomic mass is 10.1. The summed E-state index contributed by atoms with van der Waals surface area (Å²) in [5.74, 6) is 0. The van der Waals surface area contributed by atoms with Gasteiger partial charge in [0.1, 0.15) is 0 Å². The van der Waals surface area contributed by atoms with Crippen molar-refractivity contribution in [2.75, 3.05) is 27.2 Å². The van der Waals surface area contributed by atoms with Gasteiger partial charge in [0.05, 0.1) is 12.1 Å². The first-order chi connectivity index (χ1) is 11.7. The van der Waals surface area contributed by atoms with Gasteiger partial charge in [0.15, 0.2) is 0 Å². The first-order valence-electron chi connectivity index (χ1n) is 8.29. The molecular weight excluding hydrogens is 320 g/mol. The van der Waals surface area contributed by atoms with Crippen molar-refractivity contribution in [1.29, 1.82) is 0 Å². The second kappa shape index (κ2) is 7.77. The minimum absolute atomic E-state index is 0.0244. The largest absolute Gasteiger partial charge is 0.336 e. The molecule has 3 rings (SSSR count). The number of likely N-dealkylation sites (tertiary alicyclic amines) is 1. The number of thiophene rings is 1. The van der Waals surface area contributed by atoms with E-state index >= 15 is 0 Å². The number of aromatic nitrogens is 1. The van der Waals surface area contributed by atoms with E-state index in [-0.39, 0.29) is 18.1 Å². The highest BCUT2D eigenvalue weighted by atomic mass is 32.1. The van der Waals surface area contributed by atoms with Crippen LogP contribution in [0.3, 0.4) is 0 Å². The van der Waals surface area contributed by atoms with E-state index in [0.29, 0.717) is 6.54 Å². The van der Waals surface area contributed by atoms with E-state index in [1.54, 1.807) is 23.7 Å². The van der Waals surface area contributed by atoms with Gasteiger partial charge in [0, 0.05) is 25.5 Å². The van der Waals surface area contributed by atoms with E-state index in [1.165, 1.54) is 11.1 Å². The van der Waals surface area contributed by atoms with Gasteiger partial charge >= 0.3 is 6.03 Å². The number of carbonyl (C=O) groups is 1. The van der Waals surface area contributed by atoms with Gasteiger partial charge in [-0.3, -0.25) is 4.98 Å². The maximum Gasteiger partial charge on any atom is 0.317 e. The number of nitrogens with zero attached hydrogens (tertiary/aromatic N) is 3. The number of carbonyl (C=O) groups excluding carboxylic acids is 1. The van der Waals surface area contributed by atoms with Crippen LogP contribution in [0.2, 0.25) is 0 Å². The first kappa shape index (κ1) is 16.9. The summed E-state index contributed by atoms with van der Waals surface area (Å²) in [6, 6.07) is 6.51. The smallest absolute Gasteiger partial charge is 0.317 e. The Hall–Kier alpha value is -1.92. The SMILES string of the molecule is CN(C)C(CNC(=O)N1CCCC1c1ccncc1)c1ccsc1. The van der Waals surface area contributed by atoms with Gasteiger partial charge in [-0.15, -0.1) is 0 Å². The van der Waals surface area contributed by atoms with Crippen LogP contribution in [-0.2, 0) is 0 Å². The summed E-state index contributed by atoms with van der Waals surface area (Å²) in [5, 5.41) is 7.35. The lowest BCUT2D eigenvalue weighted by Gasteiger charge is -2.28. The fraction of sp³-hybridized carbons (Fsp3) is 0.444. The van der Waals surface area contributed by atoms with Gasteiger partial charge in [-0.05, 0) is 67.0 Å². The maximum absolute atomic E-state index is 12.7. The molecule has 1 aliphatic rings. The molecule has 0 spiro atoms. The number of likely N-dealkylation sites (N-methyl/N-ethyl adjacent to an activating group) is 1. The monoisotopic (exact) mass is 344 g/mol. The predicted octanol–water partition coefficient (Wildman–Crippen LogP) is 3.29. The molecule has 2 aromatic heterocycles. The minimum Gasteiger partial charge on any atom is -0.336 e. The van der Waals surface area contributed by atoms with Crippen LogP contribution in [0.25, 0.3) is 0 Å². The van der Waals surface area contributed by atoms with Crippen molar-refractivity contribution in [2.24, 2.45) is 0 Å². The van der Waals surface area contributed by atoms with Gasteiger partial charge < -0.3 is 15.1 Å². The molecule has 2 atom stereocenters. The molecule has 3 heterocycles. The lowest BCUT2D eigenvalue weighted by Crippen LogP contribution is -2.42. The maximum atomic E-state index is 12.7. The number of pyridine rings is 1. The molecule has 0 aliphatic carbocycles. The third kappa shape index (κ3) is 3.76. The molecule has 1 saturated heterocycles. The van der Waals surface area contributed by atoms with Gasteiger partial charge in [-0.2, -0.15) is 11.3 Å². The third-order valence-electron chi connectivity index (χ3n) is 4.60. The van der Waals surface area contributed by atoms with E-state index < -0.39 is 0 Å². The van der Waals surface area contributed by atoms with Crippen LogP contribution < -0.4 is 5.32 Å². The average molecular weight is 344 g/mol. The van der Waals surface area contributed by atoms with Crippen molar-refractivity contribution in [3.8, 4) is 0 Å². The molecule has 1 N–H and O–H groups in total. The molecule has 1 aliphatic heterocycles. The van der Waals surface area contributed by atoms with Crippen LogP contribution in [0.5, 0.6) is 0 Å². The molecule has 128 valence electrons. The molecule has 0 radical (unpaired) electrons. The molecule has 1 fully saturated rings. The van der Waals surface area contributed by atoms with Crippen LogP contribution in [0, 0.1) is 0 Å². The number of amides is 2. The number of rotatable bonds is 5. The van der Waals surface area contributed by atoms with Gasteiger partial charge in [-0.25, -0.2) is 4.79 Å². The highest BCUT2D eigenvalue weighted by molar-refractivity contribution is 7.07. The fourth-order valence-electron chi connectivity index (χ4n) is 3.29. The Morgan fingerprint density at radius 2 is 2.21 bits per heavy atom. The fourth-order valence-corrected chi connectivity index (χ4v) is 4.00. The average Bonchev–Trinajstić information content (AvgIpc) is 3.27. The molecular formula is C18H24N4OS. The highest BCUT2D eigenvalue weighted by Crippen LogP contribution is 2.31. The molecule has 24 heavy (non-hydrogen) atoms. The van der Waals surface area contributed by atoms with Crippen LogP contribution >= 0.6 is 11.3 Å². The van der Waals surface area contributed by atoms with Crippen LogP contribution in [-0.4, -0.2) is 48.0 Å². The zero-order valence-corrected chi connectivity index (χ0v) is 15.0. The highest BCUT2D eigenvalue weighted by Gasteiger charge is 2.30. The second-order valence-electron chi connectivity index (χ2n) is 6.35. The van der Waals surface area contributed by atoms with Gasteiger partial charge in [-0.1, -0.05) is 0 Å². The van der Waals surface area contributed by atoms with Gasteiger partial charge in [0.25, 0.3) is 0 Å². The van der Waals surface area contributed by atoms with Crippen molar-refractivity contribution < 1.29 is 4.79 Å². The van der Waals surface area contributed by atoms with Crippen LogP contribution in [0.1, 0.15) is 36.1 Å². The van der Waals surface area contributed by atoms with Crippen LogP contribution in [0.15, 0.2) is 41.4 Å². The van der Waals surface area contributed by atoms with E-state index in [1.807, 2.05) is 31.1 Å². The summed E-state index contributed by atoms with van der Waals surface area (Å²) in [4.78, 5) is 20.9. The summed E-state index contributed by atoms with van der Waals surface area (Å²) in [6.07, 6.45) is 5.64. The zero-order valence-electron chi connectivity index (χ0n) is 14.2. The normalized spacial score (nSPS) is 18.8. The zero-order chi connectivity index (χ0) is 16.9. The Kier molecular flexibility index (Phi) is 5.48. The molecule has 2 unspecified atom stereocenters. The number of nitrogens with one attached hydrogen (secondary N) is 1. The van der Waals surface area contributed by atoms with E-state index in [2.05, 4.69) is 32.0 Å². The molecule has 5 nitrogen and oxygen atoms in total. The predicted molar refractivity (Wildman–Crippen MR) is 97.1 cm³/mol. The molecule has 2 amide bonds. The van der Waals surface area contributed by atoms with E-state index in [4.69, 9.17) is 0 Å². The summed E-state index contributed by atoms with van der Waals surface area (Å²) in [5.41, 5.74) is 2.41. The quantitative estimate of drug-likeness (QED) is 0.905. The molecule has 0 bridgehead atoms. The molecule has 0 aromatic carbocycles. The Labute approximate surface area is 147 Å². The Morgan fingerprint density at radius 1 is 1.42 bits per heavy atom. The van der Waals surface area contributed by atoms with Crippen molar-refractivity contribution in [1.82, 2.24) is 20.1 Å². The Balaban J connectivity index is 1.64. The summed E-state index contributed by atoms with van der Waals surface area (Å²) in [7, 11) is 4.09. The van der Waals surface area contributed by atoms with Crippen molar-refractivity contribution in [3.05, 3.63) is 52.5 Å². The molecule has 0 saturated carbocycles. The Bertz CT molecular complexity index is 644.